The van der Waals surface area contributed by atoms with E-state index in [2.05, 4.69) is 17.6 Å². The van der Waals surface area contributed by atoms with Gasteiger partial charge in [0.1, 0.15) is 0 Å². The van der Waals surface area contributed by atoms with Crippen LogP contribution in [-0.2, 0) is 10.3 Å². The normalized spacial score (nSPS) is 24.1. The van der Waals surface area contributed by atoms with Gasteiger partial charge in [0.2, 0.25) is 0 Å². The van der Waals surface area contributed by atoms with Crippen LogP contribution in [0.25, 0.3) is 0 Å². The van der Waals surface area contributed by atoms with Gasteiger partial charge in [0.15, 0.2) is 0 Å². The molecule has 3 atom stereocenters. The van der Waals surface area contributed by atoms with E-state index < -0.39 is 11.0 Å². The number of piperidine rings is 1. The van der Waals surface area contributed by atoms with E-state index in [-0.39, 0.29) is 12.1 Å². The molecule has 3 N–H and O–H groups in total. The molecule has 1 saturated carbocycles. The average Bonchev–Trinajstić information content (AvgIpc) is 2.87. The minimum atomic E-state index is -0.993. The van der Waals surface area contributed by atoms with Gasteiger partial charge >= 0.3 is 6.03 Å². The third-order valence-corrected chi connectivity index (χ3v) is 8.49. The van der Waals surface area contributed by atoms with Crippen molar-refractivity contribution in [1.82, 2.24) is 15.5 Å². The summed E-state index contributed by atoms with van der Waals surface area (Å²) in [5.74, 6) is 0.712. The summed E-state index contributed by atoms with van der Waals surface area (Å²) in [5, 5.41) is 18.9. The van der Waals surface area contributed by atoms with Gasteiger partial charge in [0.05, 0.1) is 5.60 Å². The molecule has 2 aliphatic rings. The zero-order valence-electron chi connectivity index (χ0n) is 22.4. The smallest absolute Gasteiger partial charge is 0.317 e. The van der Waals surface area contributed by atoms with Gasteiger partial charge in [-0.2, -0.15) is 0 Å². The molecule has 0 aromatic heterocycles. The number of nitrogens with zero attached hydrogens (tertiary/aromatic N) is 1. The molecule has 1 aromatic carbocycles. The Morgan fingerprint density at radius 1 is 1.20 bits per heavy atom. The summed E-state index contributed by atoms with van der Waals surface area (Å²) >= 11 is 0. The number of hydrogen-bond acceptors (Lipinski definition) is 4. The lowest BCUT2D eigenvalue weighted by Crippen LogP contribution is -2.58. The number of likely N-dealkylation sites (N-methyl/N-ethyl adjacent to an activating group) is 1. The summed E-state index contributed by atoms with van der Waals surface area (Å²) in [4.78, 5) is 15.4. The first-order valence-corrected chi connectivity index (χ1v) is 13.9. The number of unbranched alkanes of at least 4 members (excludes halogenated alkanes) is 1. The number of nitrogens with one attached hydrogen (secondary N) is 2. The molecule has 6 nitrogen and oxygen atoms in total. The lowest BCUT2D eigenvalue weighted by molar-refractivity contribution is -0.116. The SMILES string of the molecule is CNC[C@H](CC1CCCCC1)NC(=O)N1CCCC(C)(C(O)(CCCCOC)c2ccccc2)C1. The fourth-order valence-corrected chi connectivity index (χ4v) is 6.42. The van der Waals surface area contributed by atoms with Gasteiger partial charge in [-0.15, -0.1) is 0 Å². The Hall–Kier alpha value is -1.63. The number of amides is 2. The largest absolute Gasteiger partial charge is 0.385 e. The number of ether oxygens (including phenoxy) is 1. The van der Waals surface area contributed by atoms with Gasteiger partial charge < -0.3 is 25.4 Å². The standard InChI is InChI=1S/C29H49N3O3/c1-28(29(34,18-10-11-20-35-3)25-15-8-5-9-16-25)17-12-19-32(23-28)27(33)31-26(22-30-2)21-24-13-6-4-7-14-24/h5,8-9,15-16,24,26,30,34H,4,6-7,10-14,17-23H2,1-3H3,(H,31,33)/t26-,28?,29?/m0/s1. The van der Waals surface area contributed by atoms with E-state index in [0.29, 0.717) is 25.5 Å². The van der Waals surface area contributed by atoms with E-state index in [1.165, 1.54) is 32.1 Å². The Balaban J connectivity index is 1.71. The molecule has 1 heterocycles. The number of likely N-dealkylation sites (tertiary alicyclic amines) is 1. The second-order valence-electron chi connectivity index (χ2n) is 11.2. The fraction of sp³-hybridized carbons (Fsp3) is 0.759. The van der Waals surface area contributed by atoms with Crippen LogP contribution in [-0.4, -0.2) is 62.5 Å². The molecule has 1 saturated heterocycles. The van der Waals surface area contributed by atoms with E-state index in [4.69, 9.17) is 4.74 Å². The minimum absolute atomic E-state index is 0.0155. The van der Waals surface area contributed by atoms with Crippen molar-refractivity contribution in [1.29, 1.82) is 0 Å². The van der Waals surface area contributed by atoms with Crippen LogP contribution in [0, 0.1) is 11.3 Å². The van der Waals surface area contributed by atoms with Crippen molar-refractivity contribution < 1.29 is 14.6 Å². The fourth-order valence-electron chi connectivity index (χ4n) is 6.42. The summed E-state index contributed by atoms with van der Waals surface area (Å²) in [5.41, 5.74) is -0.459. The van der Waals surface area contributed by atoms with Gasteiger partial charge in [-0.3, -0.25) is 0 Å². The van der Waals surface area contributed by atoms with Crippen LogP contribution in [0.1, 0.15) is 83.1 Å². The summed E-state index contributed by atoms with van der Waals surface area (Å²) in [6, 6.07) is 10.2. The Kier molecular flexibility index (Phi) is 10.9. The van der Waals surface area contributed by atoms with Gasteiger partial charge in [-0.05, 0) is 57.1 Å². The highest BCUT2D eigenvalue weighted by molar-refractivity contribution is 5.74. The van der Waals surface area contributed by atoms with Crippen molar-refractivity contribution >= 4 is 6.03 Å². The predicted octanol–water partition coefficient (Wildman–Crippen LogP) is 5.06. The van der Waals surface area contributed by atoms with Gasteiger partial charge in [-0.25, -0.2) is 4.79 Å². The van der Waals surface area contributed by atoms with Crippen molar-refractivity contribution in [2.45, 2.75) is 89.2 Å². The highest BCUT2D eigenvalue weighted by Gasteiger charge is 2.50. The summed E-state index contributed by atoms with van der Waals surface area (Å²) in [6.45, 7) is 4.96. The third kappa shape index (κ3) is 7.43. The van der Waals surface area contributed by atoms with Crippen LogP contribution in [0.2, 0.25) is 0 Å². The van der Waals surface area contributed by atoms with Crippen molar-refractivity contribution in [2.24, 2.45) is 11.3 Å². The molecule has 2 unspecified atom stereocenters. The Morgan fingerprint density at radius 3 is 2.63 bits per heavy atom. The zero-order chi connectivity index (χ0) is 25.2. The molecule has 0 bridgehead atoms. The molecule has 1 aliphatic heterocycles. The molecule has 2 fully saturated rings. The molecule has 1 aromatic rings. The Morgan fingerprint density at radius 2 is 1.94 bits per heavy atom. The number of carbonyl (C=O) groups is 1. The maximum absolute atomic E-state index is 13.5. The van der Waals surface area contributed by atoms with Crippen molar-refractivity contribution in [3.05, 3.63) is 35.9 Å². The number of rotatable bonds is 12. The highest BCUT2D eigenvalue weighted by Crippen LogP contribution is 2.48. The number of hydrogen-bond donors (Lipinski definition) is 3. The van der Waals surface area contributed by atoms with Gasteiger partial charge in [0, 0.05) is 44.8 Å². The summed E-state index contributed by atoms with van der Waals surface area (Å²) in [6.07, 6.45) is 11.9. The number of urea groups is 1. The third-order valence-electron chi connectivity index (χ3n) is 8.49. The van der Waals surface area contributed by atoms with Crippen LogP contribution in [0.5, 0.6) is 0 Å². The number of methoxy groups -OCH3 is 1. The molecular formula is C29H49N3O3. The first-order chi connectivity index (χ1) is 16.9. The Bertz CT molecular complexity index is 755. The van der Waals surface area contributed by atoms with E-state index >= 15 is 0 Å². The molecule has 6 heteroatoms. The van der Waals surface area contributed by atoms with Crippen LogP contribution in [0.3, 0.4) is 0 Å². The second-order valence-corrected chi connectivity index (χ2v) is 11.2. The highest BCUT2D eigenvalue weighted by atomic mass is 16.5. The van der Waals surface area contributed by atoms with Crippen LogP contribution >= 0.6 is 0 Å². The van der Waals surface area contributed by atoms with Crippen molar-refractivity contribution in [3.8, 4) is 0 Å². The van der Waals surface area contributed by atoms with Crippen molar-refractivity contribution in [3.63, 3.8) is 0 Å². The molecule has 1 aliphatic carbocycles. The summed E-state index contributed by atoms with van der Waals surface area (Å²) < 4.78 is 5.24. The second kappa shape index (κ2) is 13.6. The molecular weight excluding hydrogens is 438 g/mol. The van der Waals surface area contributed by atoms with E-state index in [1.54, 1.807) is 7.11 Å². The van der Waals surface area contributed by atoms with E-state index in [9.17, 15) is 9.90 Å². The van der Waals surface area contributed by atoms with Crippen LogP contribution in [0.15, 0.2) is 30.3 Å². The molecule has 35 heavy (non-hydrogen) atoms. The molecule has 0 spiro atoms. The van der Waals surface area contributed by atoms with Gasteiger partial charge in [-0.1, -0.05) is 69.4 Å². The number of carbonyl (C=O) groups excluding carboxylic acids is 1. The predicted molar refractivity (Wildman–Crippen MR) is 142 cm³/mol. The first-order valence-electron chi connectivity index (χ1n) is 13.9. The molecule has 2 amide bonds. The van der Waals surface area contributed by atoms with Crippen LogP contribution < -0.4 is 10.6 Å². The van der Waals surface area contributed by atoms with E-state index in [0.717, 1.165) is 50.8 Å². The molecule has 198 valence electrons. The van der Waals surface area contributed by atoms with Gasteiger partial charge in [0.25, 0.3) is 0 Å². The van der Waals surface area contributed by atoms with Crippen molar-refractivity contribution in [2.75, 3.05) is 40.4 Å². The number of benzene rings is 1. The quantitative estimate of drug-likeness (QED) is 0.360. The molecule has 3 rings (SSSR count). The van der Waals surface area contributed by atoms with Crippen LogP contribution in [0.4, 0.5) is 4.79 Å². The molecule has 0 radical (unpaired) electrons. The van der Waals surface area contributed by atoms with E-state index in [1.807, 2.05) is 42.3 Å². The summed E-state index contributed by atoms with van der Waals surface area (Å²) in [7, 11) is 3.68. The Labute approximate surface area is 213 Å². The first kappa shape index (κ1) is 27.9. The monoisotopic (exact) mass is 487 g/mol. The lowest BCUT2D eigenvalue weighted by Gasteiger charge is -2.51. The minimum Gasteiger partial charge on any atom is -0.385 e. The lowest BCUT2D eigenvalue weighted by atomic mass is 9.63. The number of aliphatic hydroxyl groups is 1. The topological polar surface area (TPSA) is 73.8 Å². The zero-order valence-corrected chi connectivity index (χ0v) is 22.4. The average molecular weight is 488 g/mol. The maximum atomic E-state index is 13.5. The maximum Gasteiger partial charge on any atom is 0.317 e.